The number of hydrogen-bond donors (Lipinski definition) is 1. The van der Waals surface area contributed by atoms with Crippen molar-refractivity contribution in [1.29, 1.82) is 0 Å². The zero-order valence-corrected chi connectivity index (χ0v) is 13.3. The Morgan fingerprint density at radius 2 is 1.95 bits per heavy atom. The number of anilines is 1. The standard InChI is InChI=1S/C17H24N2S/c1-3-13-7-9-14(10-8-13)11-18-17-19-16-12(2)5-4-6-15(16)20-17/h4-6,13-14H,3,7-11H2,1-2H3,(H,18,19). The van der Waals surface area contributed by atoms with Crippen LogP contribution in [-0.4, -0.2) is 11.5 Å². The highest BCUT2D eigenvalue weighted by molar-refractivity contribution is 7.22. The highest BCUT2D eigenvalue weighted by Gasteiger charge is 2.20. The fourth-order valence-corrected chi connectivity index (χ4v) is 4.19. The zero-order valence-electron chi connectivity index (χ0n) is 12.5. The van der Waals surface area contributed by atoms with Gasteiger partial charge >= 0.3 is 0 Å². The Bertz CT molecular complexity index is 567. The summed E-state index contributed by atoms with van der Waals surface area (Å²) in [6.07, 6.45) is 6.96. The maximum atomic E-state index is 4.74. The summed E-state index contributed by atoms with van der Waals surface area (Å²) in [4.78, 5) is 4.74. The summed E-state index contributed by atoms with van der Waals surface area (Å²) < 4.78 is 1.29. The summed E-state index contributed by atoms with van der Waals surface area (Å²) >= 11 is 1.78. The Balaban J connectivity index is 1.59. The van der Waals surface area contributed by atoms with E-state index in [1.165, 1.54) is 42.4 Å². The summed E-state index contributed by atoms with van der Waals surface area (Å²) in [7, 11) is 0. The van der Waals surface area contributed by atoms with Crippen LogP contribution in [0.3, 0.4) is 0 Å². The van der Waals surface area contributed by atoms with E-state index in [0.717, 1.165) is 29.0 Å². The summed E-state index contributed by atoms with van der Waals surface area (Å²) in [5, 5.41) is 4.66. The molecule has 1 aromatic heterocycles. The van der Waals surface area contributed by atoms with Gasteiger partial charge in [-0.2, -0.15) is 0 Å². The number of rotatable bonds is 4. The molecule has 0 amide bonds. The van der Waals surface area contributed by atoms with Crippen molar-refractivity contribution in [2.24, 2.45) is 11.8 Å². The SMILES string of the molecule is CCC1CCC(CNc2nc3c(C)cccc3s2)CC1. The van der Waals surface area contributed by atoms with Crippen LogP contribution >= 0.6 is 11.3 Å². The van der Waals surface area contributed by atoms with Gasteiger partial charge in [-0.25, -0.2) is 4.98 Å². The zero-order chi connectivity index (χ0) is 13.9. The second-order valence-corrected chi connectivity index (χ2v) is 7.15. The number of thiazole rings is 1. The van der Waals surface area contributed by atoms with E-state index in [0.29, 0.717) is 0 Å². The van der Waals surface area contributed by atoms with Crippen LogP contribution in [0.15, 0.2) is 18.2 Å². The largest absolute Gasteiger partial charge is 0.361 e. The van der Waals surface area contributed by atoms with Crippen molar-refractivity contribution in [3.63, 3.8) is 0 Å². The first kappa shape index (κ1) is 13.9. The quantitative estimate of drug-likeness (QED) is 0.833. The first-order chi connectivity index (χ1) is 9.76. The lowest BCUT2D eigenvalue weighted by Gasteiger charge is -2.27. The molecule has 1 fully saturated rings. The molecule has 1 N–H and O–H groups in total. The number of nitrogens with zero attached hydrogens (tertiary/aromatic N) is 1. The minimum absolute atomic E-state index is 0.839. The molecule has 2 aromatic rings. The van der Waals surface area contributed by atoms with E-state index in [1.807, 2.05) is 0 Å². The molecule has 1 aromatic carbocycles. The third kappa shape index (κ3) is 2.98. The lowest BCUT2D eigenvalue weighted by atomic mass is 9.81. The van der Waals surface area contributed by atoms with Crippen LogP contribution in [0.1, 0.15) is 44.6 Å². The lowest BCUT2D eigenvalue weighted by Crippen LogP contribution is -2.20. The Kier molecular flexibility index (Phi) is 4.25. The van der Waals surface area contributed by atoms with Gasteiger partial charge in [0.25, 0.3) is 0 Å². The van der Waals surface area contributed by atoms with Gasteiger partial charge in [-0.05, 0) is 43.2 Å². The monoisotopic (exact) mass is 288 g/mol. The third-order valence-electron chi connectivity index (χ3n) is 4.71. The molecule has 20 heavy (non-hydrogen) atoms. The molecule has 1 aliphatic carbocycles. The van der Waals surface area contributed by atoms with Crippen molar-refractivity contribution in [2.45, 2.75) is 46.0 Å². The van der Waals surface area contributed by atoms with Crippen LogP contribution in [0.5, 0.6) is 0 Å². The highest BCUT2D eigenvalue weighted by atomic mass is 32.1. The van der Waals surface area contributed by atoms with Gasteiger partial charge in [-0.1, -0.05) is 49.7 Å². The Labute approximate surface area is 125 Å². The van der Waals surface area contributed by atoms with E-state index < -0.39 is 0 Å². The fraction of sp³-hybridized carbons (Fsp3) is 0.588. The maximum Gasteiger partial charge on any atom is 0.183 e. The van der Waals surface area contributed by atoms with E-state index >= 15 is 0 Å². The number of nitrogens with one attached hydrogen (secondary N) is 1. The molecule has 1 aliphatic rings. The molecule has 3 rings (SSSR count). The van der Waals surface area contributed by atoms with E-state index in [2.05, 4.69) is 37.4 Å². The molecule has 0 aliphatic heterocycles. The second-order valence-electron chi connectivity index (χ2n) is 6.12. The minimum atomic E-state index is 0.839. The van der Waals surface area contributed by atoms with Crippen molar-refractivity contribution >= 4 is 26.7 Å². The van der Waals surface area contributed by atoms with Gasteiger partial charge in [0, 0.05) is 6.54 Å². The van der Waals surface area contributed by atoms with E-state index in [4.69, 9.17) is 4.98 Å². The number of fused-ring (bicyclic) bond motifs is 1. The van der Waals surface area contributed by atoms with Crippen LogP contribution in [0.25, 0.3) is 10.2 Å². The van der Waals surface area contributed by atoms with Crippen LogP contribution in [0.2, 0.25) is 0 Å². The normalized spacial score (nSPS) is 23.1. The maximum absolute atomic E-state index is 4.74. The number of aryl methyl sites for hydroxylation is 1. The molecule has 0 unspecified atom stereocenters. The molecule has 0 radical (unpaired) electrons. The van der Waals surface area contributed by atoms with Gasteiger partial charge in [0.15, 0.2) is 5.13 Å². The first-order valence-corrected chi connectivity index (χ1v) is 8.68. The summed E-state index contributed by atoms with van der Waals surface area (Å²) in [6.45, 7) is 5.56. The average molecular weight is 288 g/mol. The summed E-state index contributed by atoms with van der Waals surface area (Å²) in [5.41, 5.74) is 2.44. The number of aromatic nitrogens is 1. The van der Waals surface area contributed by atoms with E-state index in [1.54, 1.807) is 11.3 Å². The van der Waals surface area contributed by atoms with Crippen molar-refractivity contribution in [2.75, 3.05) is 11.9 Å². The summed E-state index contributed by atoms with van der Waals surface area (Å²) in [5.74, 6) is 1.82. The summed E-state index contributed by atoms with van der Waals surface area (Å²) in [6, 6.07) is 6.42. The predicted molar refractivity (Wildman–Crippen MR) is 88.6 cm³/mol. The Hall–Kier alpha value is -1.09. The Morgan fingerprint density at radius 1 is 1.20 bits per heavy atom. The third-order valence-corrected chi connectivity index (χ3v) is 5.68. The van der Waals surface area contributed by atoms with Crippen molar-refractivity contribution in [1.82, 2.24) is 4.98 Å². The number of hydrogen-bond acceptors (Lipinski definition) is 3. The van der Waals surface area contributed by atoms with Gasteiger partial charge in [0.2, 0.25) is 0 Å². The molecule has 2 nitrogen and oxygen atoms in total. The molecule has 1 saturated carbocycles. The van der Waals surface area contributed by atoms with E-state index in [-0.39, 0.29) is 0 Å². The van der Waals surface area contributed by atoms with Gasteiger partial charge < -0.3 is 5.32 Å². The van der Waals surface area contributed by atoms with Crippen molar-refractivity contribution in [3.05, 3.63) is 23.8 Å². The molecule has 0 saturated heterocycles. The van der Waals surface area contributed by atoms with Crippen molar-refractivity contribution < 1.29 is 0 Å². The van der Waals surface area contributed by atoms with Crippen molar-refractivity contribution in [3.8, 4) is 0 Å². The molecule has 108 valence electrons. The smallest absolute Gasteiger partial charge is 0.183 e. The molecule has 3 heteroatoms. The van der Waals surface area contributed by atoms with Gasteiger partial charge in [0.05, 0.1) is 10.2 Å². The van der Waals surface area contributed by atoms with Crippen LogP contribution in [0.4, 0.5) is 5.13 Å². The van der Waals surface area contributed by atoms with Crippen LogP contribution < -0.4 is 5.32 Å². The van der Waals surface area contributed by atoms with Gasteiger partial charge in [-0.15, -0.1) is 0 Å². The highest BCUT2D eigenvalue weighted by Crippen LogP contribution is 2.32. The van der Waals surface area contributed by atoms with Gasteiger partial charge in [-0.3, -0.25) is 0 Å². The average Bonchev–Trinajstić information content (AvgIpc) is 2.90. The van der Waals surface area contributed by atoms with Crippen LogP contribution in [0, 0.1) is 18.8 Å². The molecular formula is C17H24N2S. The molecular weight excluding hydrogens is 264 g/mol. The van der Waals surface area contributed by atoms with Crippen LogP contribution in [-0.2, 0) is 0 Å². The second kappa shape index (κ2) is 6.13. The lowest BCUT2D eigenvalue weighted by molar-refractivity contribution is 0.278. The van der Waals surface area contributed by atoms with E-state index in [9.17, 15) is 0 Å². The number of benzene rings is 1. The minimum Gasteiger partial charge on any atom is -0.361 e. The molecule has 0 bridgehead atoms. The fourth-order valence-electron chi connectivity index (χ4n) is 3.24. The topological polar surface area (TPSA) is 24.9 Å². The molecule has 1 heterocycles. The predicted octanol–water partition coefficient (Wildman–Crippen LogP) is 5.23. The molecule has 0 spiro atoms. The molecule has 0 atom stereocenters. The number of para-hydroxylation sites is 1. The first-order valence-electron chi connectivity index (χ1n) is 7.86. The van der Waals surface area contributed by atoms with Gasteiger partial charge in [0.1, 0.15) is 0 Å². The Morgan fingerprint density at radius 3 is 2.65 bits per heavy atom.